The van der Waals surface area contributed by atoms with Crippen LogP contribution in [0.1, 0.15) is 52.2 Å². The number of benzene rings is 2. The molecule has 0 saturated carbocycles. The molecule has 0 bridgehead atoms. The first-order valence-corrected chi connectivity index (χ1v) is 13.8. The summed E-state index contributed by atoms with van der Waals surface area (Å²) in [5, 5.41) is 9.10. The van der Waals surface area contributed by atoms with Gasteiger partial charge in [-0.2, -0.15) is 0 Å². The van der Waals surface area contributed by atoms with Crippen LogP contribution >= 0.6 is 0 Å². The van der Waals surface area contributed by atoms with Crippen molar-refractivity contribution in [3.63, 3.8) is 0 Å². The summed E-state index contributed by atoms with van der Waals surface area (Å²) in [5.41, 5.74) is 7.38. The summed E-state index contributed by atoms with van der Waals surface area (Å²) in [5.74, 6) is -1.73. The molecule has 10 nitrogen and oxygen atoms in total. The maximum absolute atomic E-state index is 13.7. The molecule has 3 atom stereocenters. The van der Waals surface area contributed by atoms with E-state index in [0.29, 0.717) is 6.42 Å². The molecule has 0 aliphatic heterocycles. The number of aromatic nitrogens is 1. The predicted octanol–water partition coefficient (Wildman–Crippen LogP) is 3.35. The molecular formula is C31H41N5O5. The normalized spacial score (nSPS) is 13.7. The molecule has 1 heterocycles. The molecule has 3 rings (SSSR count). The van der Waals surface area contributed by atoms with E-state index in [1.807, 2.05) is 68.4 Å². The van der Waals surface area contributed by atoms with Gasteiger partial charge in [0, 0.05) is 29.9 Å². The second-order valence-corrected chi connectivity index (χ2v) is 11.6. The van der Waals surface area contributed by atoms with Crippen molar-refractivity contribution >= 4 is 34.7 Å². The smallest absolute Gasteiger partial charge is 0.408 e. The second kappa shape index (κ2) is 13.8. The number of nitrogens with one attached hydrogen (secondary N) is 4. The standard InChI is InChI=1S/C31H41N5O5/c1-19(2)15-25(28(38)34-24(27(32)37)16-20-11-7-6-8-12-20)35-29(39)26(36-30(40)41-31(3,4)5)17-21-18-33-23-14-10-9-13-22(21)23/h6-14,18-19,24-26,33H,15-17H2,1-5H3,(H2,32,37)(H,34,38)(H,35,39)(H,36,40). The lowest BCUT2D eigenvalue weighted by atomic mass is 10.00. The lowest BCUT2D eigenvalue weighted by molar-refractivity contribution is -0.132. The van der Waals surface area contributed by atoms with Crippen molar-refractivity contribution in [1.82, 2.24) is 20.9 Å². The number of alkyl carbamates (subject to hydrolysis) is 1. The van der Waals surface area contributed by atoms with E-state index in [4.69, 9.17) is 10.5 Å². The predicted molar refractivity (Wildman–Crippen MR) is 158 cm³/mol. The van der Waals surface area contributed by atoms with Gasteiger partial charge in [0.2, 0.25) is 17.7 Å². The van der Waals surface area contributed by atoms with Gasteiger partial charge >= 0.3 is 6.09 Å². The fourth-order valence-corrected chi connectivity index (χ4v) is 4.50. The minimum absolute atomic E-state index is 0.0399. The van der Waals surface area contributed by atoms with Crippen LogP contribution in [0.2, 0.25) is 0 Å². The molecule has 0 aliphatic carbocycles. The fraction of sp³-hybridized carbons (Fsp3) is 0.419. The lowest BCUT2D eigenvalue weighted by Crippen LogP contribution is -2.57. The largest absolute Gasteiger partial charge is 0.444 e. The summed E-state index contributed by atoms with van der Waals surface area (Å²) in [6, 6.07) is 13.9. The first-order chi connectivity index (χ1) is 19.3. The number of carbonyl (C=O) groups is 4. The van der Waals surface area contributed by atoms with Crippen LogP contribution in [0.25, 0.3) is 10.9 Å². The number of H-pyrrole nitrogens is 1. The summed E-state index contributed by atoms with van der Waals surface area (Å²) in [6.45, 7) is 9.04. The number of ether oxygens (including phenoxy) is 1. The van der Waals surface area contributed by atoms with Gasteiger partial charge in [-0.25, -0.2) is 4.79 Å². The number of aromatic amines is 1. The van der Waals surface area contributed by atoms with Gasteiger partial charge in [-0.15, -0.1) is 0 Å². The molecule has 1 aromatic heterocycles. The Balaban J connectivity index is 1.81. The Labute approximate surface area is 240 Å². The summed E-state index contributed by atoms with van der Waals surface area (Å²) in [6.07, 6.45) is 1.72. The highest BCUT2D eigenvalue weighted by molar-refractivity contribution is 5.94. The molecule has 3 aromatic rings. The number of hydrogen-bond donors (Lipinski definition) is 5. The molecule has 10 heteroatoms. The average Bonchev–Trinajstić information content (AvgIpc) is 3.29. The third-order valence-corrected chi connectivity index (χ3v) is 6.39. The van der Waals surface area contributed by atoms with E-state index in [0.717, 1.165) is 22.0 Å². The Bertz CT molecular complexity index is 1350. The number of amides is 4. The van der Waals surface area contributed by atoms with Gasteiger partial charge in [-0.1, -0.05) is 62.4 Å². The molecular weight excluding hydrogens is 522 g/mol. The fourth-order valence-electron chi connectivity index (χ4n) is 4.50. The molecule has 0 spiro atoms. The number of primary amides is 1. The summed E-state index contributed by atoms with van der Waals surface area (Å²) in [7, 11) is 0. The zero-order valence-corrected chi connectivity index (χ0v) is 24.3. The monoisotopic (exact) mass is 563 g/mol. The number of hydrogen-bond acceptors (Lipinski definition) is 5. The van der Waals surface area contributed by atoms with Crippen molar-refractivity contribution in [3.8, 4) is 0 Å². The van der Waals surface area contributed by atoms with E-state index >= 15 is 0 Å². The van der Waals surface area contributed by atoms with Crippen molar-refractivity contribution in [2.45, 2.75) is 77.6 Å². The van der Waals surface area contributed by atoms with Gasteiger partial charge in [-0.3, -0.25) is 14.4 Å². The highest BCUT2D eigenvalue weighted by Gasteiger charge is 2.31. The maximum Gasteiger partial charge on any atom is 0.408 e. The number of carbonyl (C=O) groups excluding carboxylic acids is 4. The van der Waals surface area contributed by atoms with Gasteiger partial charge in [0.25, 0.3) is 0 Å². The first-order valence-electron chi connectivity index (χ1n) is 13.8. The van der Waals surface area contributed by atoms with Crippen LogP contribution in [0.5, 0.6) is 0 Å². The summed E-state index contributed by atoms with van der Waals surface area (Å²) in [4.78, 5) is 55.1. The van der Waals surface area contributed by atoms with Gasteiger partial charge in [-0.05, 0) is 50.3 Å². The van der Waals surface area contributed by atoms with E-state index in [2.05, 4.69) is 20.9 Å². The Hall–Kier alpha value is -4.34. The van der Waals surface area contributed by atoms with Crippen molar-refractivity contribution < 1.29 is 23.9 Å². The number of fused-ring (bicyclic) bond motifs is 1. The van der Waals surface area contributed by atoms with Gasteiger partial charge in [0.15, 0.2) is 0 Å². The SMILES string of the molecule is CC(C)CC(NC(=O)C(Cc1c[nH]c2ccccc12)NC(=O)OC(C)(C)C)C(=O)NC(Cc1ccccc1)C(N)=O. The highest BCUT2D eigenvalue weighted by Crippen LogP contribution is 2.20. The number of para-hydroxylation sites is 1. The van der Waals surface area contributed by atoms with Crippen molar-refractivity contribution in [1.29, 1.82) is 0 Å². The first kappa shape index (κ1) is 31.2. The minimum Gasteiger partial charge on any atom is -0.444 e. The van der Waals surface area contributed by atoms with Crippen LogP contribution in [0.15, 0.2) is 60.8 Å². The Morgan fingerprint density at radius 1 is 0.829 bits per heavy atom. The quantitative estimate of drug-likeness (QED) is 0.229. The van der Waals surface area contributed by atoms with E-state index in [1.54, 1.807) is 27.0 Å². The van der Waals surface area contributed by atoms with E-state index in [1.165, 1.54) is 0 Å². The molecule has 220 valence electrons. The van der Waals surface area contributed by atoms with Crippen LogP contribution in [0, 0.1) is 5.92 Å². The summed E-state index contributed by atoms with van der Waals surface area (Å²) >= 11 is 0. The van der Waals surface area contributed by atoms with Crippen LogP contribution < -0.4 is 21.7 Å². The van der Waals surface area contributed by atoms with Gasteiger partial charge < -0.3 is 31.4 Å². The van der Waals surface area contributed by atoms with Crippen LogP contribution in [0.4, 0.5) is 4.79 Å². The third-order valence-electron chi connectivity index (χ3n) is 6.39. The molecule has 3 unspecified atom stereocenters. The zero-order valence-electron chi connectivity index (χ0n) is 24.3. The van der Waals surface area contributed by atoms with Gasteiger partial charge in [0.1, 0.15) is 23.7 Å². The van der Waals surface area contributed by atoms with Crippen molar-refractivity contribution in [2.75, 3.05) is 0 Å². The molecule has 0 fully saturated rings. The third kappa shape index (κ3) is 9.66. The van der Waals surface area contributed by atoms with Crippen LogP contribution in [-0.4, -0.2) is 52.5 Å². The van der Waals surface area contributed by atoms with Crippen LogP contribution in [0.3, 0.4) is 0 Å². The highest BCUT2D eigenvalue weighted by atomic mass is 16.6. The summed E-state index contributed by atoms with van der Waals surface area (Å²) < 4.78 is 5.41. The molecule has 0 radical (unpaired) electrons. The molecule has 2 aromatic carbocycles. The number of rotatable bonds is 12. The molecule has 41 heavy (non-hydrogen) atoms. The van der Waals surface area contributed by atoms with E-state index in [9.17, 15) is 19.2 Å². The Morgan fingerprint density at radius 2 is 1.44 bits per heavy atom. The number of nitrogens with two attached hydrogens (primary N) is 1. The molecule has 4 amide bonds. The molecule has 6 N–H and O–H groups in total. The Morgan fingerprint density at radius 3 is 2.07 bits per heavy atom. The van der Waals surface area contributed by atoms with Gasteiger partial charge in [0.05, 0.1) is 0 Å². The minimum atomic E-state index is -1.04. The van der Waals surface area contributed by atoms with Crippen molar-refractivity contribution in [2.24, 2.45) is 11.7 Å². The average molecular weight is 564 g/mol. The van der Waals surface area contributed by atoms with E-state index < -0.39 is 47.5 Å². The Kier molecular flexibility index (Phi) is 10.5. The van der Waals surface area contributed by atoms with Crippen LogP contribution in [-0.2, 0) is 32.0 Å². The maximum atomic E-state index is 13.7. The topological polar surface area (TPSA) is 155 Å². The molecule has 0 aliphatic rings. The second-order valence-electron chi connectivity index (χ2n) is 11.6. The van der Waals surface area contributed by atoms with Crippen molar-refractivity contribution in [3.05, 3.63) is 71.9 Å². The van der Waals surface area contributed by atoms with E-state index in [-0.39, 0.29) is 18.8 Å². The zero-order chi connectivity index (χ0) is 30.2. The lowest BCUT2D eigenvalue weighted by Gasteiger charge is -2.27. The molecule has 0 saturated heterocycles.